The summed E-state index contributed by atoms with van der Waals surface area (Å²) in [5.74, 6) is 0. The topological polar surface area (TPSA) is 20.3 Å². The molecule has 0 aromatic heterocycles. The fourth-order valence-corrected chi connectivity index (χ4v) is 1.96. The molecule has 1 fully saturated rings. The van der Waals surface area contributed by atoms with E-state index >= 15 is 0 Å². The lowest BCUT2D eigenvalue weighted by molar-refractivity contribution is 0.112. The maximum absolute atomic E-state index is 10.6. The van der Waals surface area contributed by atoms with Crippen LogP contribution in [-0.2, 0) is 6.54 Å². The molecule has 1 aliphatic rings. The van der Waals surface area contributed by atoms with E-state index < -0.39 is 0 Å². The summed E-state index contributed by atoms with van der Waals surface area (Å²) in [5, 5.41) is 0. The van der Waals surface area contributed by atoms with Crippen molar-refractivity contribution in [3.63, 3.8) is 0 Å². The Balaban J connectivity index is 2.04. The number of hydrogen-bond acceptors (Lipinski definition) is 2. The minimum absolute atomic E-state index is 0.779. The van der Waals surface area contributed by atoms with Crippen LogP contribution in [0.3, 0.4) is 0 Å². The molecule has 0 bridgehead atoms. The minimum Gasteiger partial charge on any atom is -0.299 e. The Labute approximate surface area is 84.5 Å². The van der Waals surface area contributed by atoms with E-state index in [0.29, 0.717) is 0 Å². The van der Waals surface area contributed by atoms with E-state index in [4.69, 9.17) is 0 Å². The Kier molecular flexibility index (Phi) is 2.94. The first-order chi connectivity index (χ1) is 6.88. The lowest BCUT2D eigenvalue weighted by Gasteiger charge is -2.14. The number of aldehydes is 1. The molecule has 2 rings (SSSR count). The van der Waals surface area contributed by atoms with Gasteiger partial charge in [-0.25, -0.2) is 0 Å². The van der Waals surface area contributed by atoms with Crippen LogP contribution in [0.2, 0.25) is 0 Å². The van der Waals surface area contributed by atoms with E-state index in [1.165, 1.54) is 31.5 Å². The summed E-state index contributed by atoms with van der Waals surface area (Å²) in [4.78, 5) is 13.0. The number of hydrogen-bond donors (Lipinski definition) is 0. The van der Waals surface area contributed by atoms with Crippen molar-refractivity contribution in [1.82, 2.24) is 4.90 Å². The molecule has 0 unspecified atom stereocenters. The van der Waals surface area contributed by atoms with Crippen molar-refractivity contribution < 1.29 is 4.79 Å². The maximum atomic E-state index is 10.6. The van der Waals surface area contributed by atoms with Crippen LogP contribution in [0.4, 0.5) is 0 Å². The monoisotopic (exact) mass is 189 g/mol. The van der Waals surface area contributed by atoms with Crippen molar-refractivity contribution in [2.75, 3.05) is 13.1 Å². The lowest BCUT2D eigenvalue weighted by Crippen LogP contribution is -2.18. The van der Waals surface area contributed by atoms with Crippen LogP contribution in [-0.4, -0.2) is 24.3 Å². The van der Waals surface area contributed by atoms with Crippen LogP contribution in [0.25, 0.3) is 0 Å². The Morgan fingerprint density at radius 1 is 1.29 bits per heavy atom. The fourth-order valence-electron chi connectivity index (χ4n) is 1.96. The number of carbonyl (C=O) groups is 1. The van der Waals surface area contributed by atoms with Gasteiger partial charge in [0.05, 0.1) is 0 Å². The molecule has 1 aliphatic heterocycles. The van der Waals surface area contributed by atoms with Gasteiger partial charge in [0.1, 0.15) is 6.29 Å². The second-order valence-electron chi connectivity index (χ2n) is 3.85. The molecule has 74 valence electrons. The second kappa shape index (κ2) is 4.38. The molecule has 2 heteroatoms. The third-order valence-electron chi connectivity index (χ3n) is 2.69. The van der Waals surface area contributed by atoms with E-state index in [-0.39, 0.29) is 0 Å². The second-order valence-corrected chi connectivity index (χ2v) is 3.85. The van der Waals surface area contributed by atoms with E-state index in [9.17, 15) is 4.79 Å². The van der Waals surface area contributed by atoms with Crippen LogP contribution in [0.15, 0.2) is 24.3 Å². The van der Waals surface area contributed by atoms with Gasteiger partial charge in [-0.05, 0) is 37.6 Å². The molecule has 14 heavy (non-hydrogen) atoms. The van der Waals surface area contributed by atoms with Crippen LogP contribution in [0.5, 0.6) is 0 Å². The first-order valence-corrected chi connectivity index (χ1v) is 5.15. The SMILES string of the molecule is O=Cc1cccc(CN2CCCC2)c1. The van der Waals surface area contributed by atoms with E-state index in [1.807, 2.05) is 18.2 Å². The van der Waals surface area contributed by atoms with Crippen LogP contribution in [0.1, 0.15) is 28.8 Å². The van der Waals surface area contributed by atoms with Gasteiger partial charge in [0.15, 0.2) is 0 Å². The highest BCUT2D eigenvalue weighted by atomic mass is 16.1. The molecular formula is C12H15NO. The molecule has 0 aliphatic carbocycles. The molecule has 0 radical (unpaired) electrons. The van der Waals surface area contributed by atoms with Gasteiger partial charge in [-0.15, -0.1) is 0 Å². The molecule has 0 amide bonds. The Bertz CT molecular complexity index is 316. The fraction of sp³-hybridized carbons (Fsp3) is 0.417. The maximum Gasteiger partial charge on any atom is 0.150 e. The number of nitrogens with zero attached hydrogens (tertiary/aromatic N) is 1. The van der Waals surface area contributed by atoms with Crippen molar-refractivity contribution in [3.05, 3.63) is 35.4 Å². The summed E-state index contributed by atoms with van der Waals surface area (Å²) in [7, 11) is 0. The largest absolute Gasteiger partial charge is 0.299 e. The zero-order valence-electron chi connectivity index (χ0n) is 8.28. The first kappa shape index (κ1) is 9.41. The van der Waals surface area contributed by atoms with Crippen LogP contribution >= 0.6 is 0 Å². The van der Waals surface area contributed by atoms with Gasteiger partial charge in [0.2, 0.25) is 0 Å². The van der Waals surface area contributed by atoms with Crippen molar-refractivity contribution in [3.8, 4) is 0 Å². The van der Waals surface area contributed by atoms with Gasteiger partial charge in [0.25, 0.3) is 0 Å². The van der Waals surface area contributed by atoms with Gasteiger partial charge in [-0.3, -0.25) is 9.69 Å². The Morgan fingerprint density at radius 3 is 2.79 bits per heavy atom. The highest BCUT2D eigenvalue weighted by Crippen LogP contribution is 2.13. The standard InChI is InChI=1S/C12H15NO/c14-10-12-5-3-4-11(8-12)9-13-6-1-2-7-13/h3-5,8,10H,1-2,6-7,9H2. The van der Waals surface area contributed by atoms with Crippen LogP contribution in [0, 0.1) is 0 Å². The number of likely N-dealkylation sites (tertiary alicyclic amines) is 1. The summed E-state index contributed by atoms with van der Waals surface area (Å²) in [6, 6.07) is 7.87. The zero-order chi connectivity index (χ0) is 9.80. The molecule has 0 spiro atoms. The van der Waals surface area contributed by atoms with Gasteiger partial charge in [-0.1, -0.05) is 18.2 Å². The average molecular weight is 189 g/mol. The van der Waals surface area contributed by atoms with Gasteiger partial charge < -0.3 is 0 Å². The lowest BCUT2D eigenvalue weighted by atomic mass is 10.1. The van der Waals surface area contributed by atoms with Crippen molar-refractivity contribution >= 4 is 6.29 Å². The van der Waals surface area contributed by atoms with Crippen molar-refractivity contribution in [1.29, 1.82) is 0 Å². The third-order valence-corrected chi connectivity index (χ3v) is 2.69. The van der Waals surface area contributed by atoms with Crippen molar-refractivity contribution in [2.24, 2.45) is 0 Å². The smallest absolute Gasteiger partial charge is 0.150 e. The molecule has 0 N–H and O–H groups in total. The van der Waals surface area contributed by atoms with Gasteiger partial charge >= 0.3 is 0 Å². The first-order valence-electron chi connectivity index (χ1n) is 5.15. The summed E-state index contributed by atoms with van der Waals surface area (Å²) >= 11 is 0. The Hall–Kier alpha value is -1.15. The summed E-state index contributed by atoms with van der Waals surface area (Å²) in [6.45, 7) is 3.39. The molecule has 0 atom stereocenters. The number of rotatable bonds is 3. The highest BCUT2D eigenvalue weighted by molar-refractivity contribution is 5.74. The Morgan fingerprint density at radius 2 is 2.07 bits per heavy atom. The molecule has 1 heterocycles. The predicted octanol–water partition coefficient (Wildman–Crippen LogP) is 2.09. The van der Waals surface area contributed by atoms with E-state index in [0.717, 1.165) is 18.4 Å². The quantitative estimate of drug-likeness (QED) is 0.679. The third kappa shape index (κ3) is 2.20. The predicted molar refractivity (Wildman–Crippen MR) is 56.3 cm³/mol. The molecule has 1 aromatic carbocycles. The number of carbonyl (C=O) groups excluding carboxylic acids is 1. The van der Waals surface area contributed by atoms with Gasteiger partial charge in [-0.2, -0.15) is 0 Å². The molecular weight excluding hydrogens is 174 g/mol. The number of benzene rings is 1. The van der Waals surface area contributed by atoms with Crippen LogP contribution < -0.4 is 0 Å². The molecule has 1 saturated heterocycles. The molecule has 0 saturated carbocycles. The van der Waals surface area contributed by atoms with Crippen molar-refractivity contribution in [2.45, 2.75) is 19.4 Å². The van der Waals surface area contributed by atoms with E-state index in [1.54, 1.807) is 0 Å². The average Bonchev–Trinajstić information content (AvgIpc) is 2.71. The summed E-state index contributed by atoms with van der Waals surface area (Å²) in [6.07, 6.45) is 3.54. The van der Waals surface area contributed by atoms with E-state index in [2.05, 4.69) is 11.0 Å². The minimum atomic E-state index is 0.779. The molecule has 1 aromatic rings. The highest BCUT2D eigenvalue weighted by Gasteiger charge is 2.11. The molecule has 2 nitrogen and oxygen atoms in total. The normalized spacial score (nSPS) is 17.1. The van der Waals surface area contributed by atoms with Gasteiger partial charge in [0, 0.05) is 12.1 Å². The summed E-state index contributed by atoms with van der Waals surface area (Å²) < 4.78 is 0. The summed E-state index contributed by atoms with van der Waals surface area (Å²) in [5.41, 5.74) is 2.03. The zero-order valence-corrected chi connectivity index (χ0v) is 8.28.